The Labute approximate surface area is 158 Å². The van der Waals surface area contributed by atoms with E-state index in [2.05, 4.69) is 5.32 Å². The second-order valence-electron chi connectivity index (χ2n) is 6.02. The molecule has 132 valence electrons. The highest BCUT2D eigenvalue weighted by Gasteiger charge is 2.11. The predicted octanol–water partition coefficient (Wildman–Crippen LogP) is 5.16. The normalized spacial score (nSPS) is 10.4. The van der Waals surface area contributed by atoms with Crippen LogP contribution in [0.3, 0.4) is 0 Å². The van der Waals surface area contributed by atoms with Crippen LogP contribution in [-0.2, 0) is 13.2 Å². The third kappa shape index (κ3) is 4.64. The van der Waals surface area contributed by atoms with Crippen molar-refractivity contribution in [1.82, 2.24) is 5.32 Å². The summed E-state index contributed by atoms with van der Waals surface area (Å²) in [6, 6.07) is 22.9. The van der Waals surface area contributed by atoms with Crippen LogP contribution in [0, 0.1) is 6.92 Å². The lowest BCUT2D eigenvalue weighted by Crippen LogP contribution is -2.23. The van der Waals surface area contributed by atoms with Gasteiger partial charge in [-0.2, -0.15) is 0 Å². The van der Waals surface area contributed by atoms with Gasteiger partial charge in [0.05, 0.1) is 0 Å². The molecule has 0 bridgehead atoms. The molecule has 0 saturated carbocycles. The molecule has 0 aromatic heterocycles. The molecule has 3 aromatic rings. The van der Waals surface area contributed by atoms with Crippen LogP contribution in [0.2, 0.25) is 5.02 Å². The summed E-state index contributed by atoms with van der Waals surface area (Å²) >= 11 is 6.12. The Bertz CT molecular complexity index is 894. The van der Waals surface area contributed by atoms with Crippen LogP contribution >= 0.6 is 11.6 Å². The molecular formula is C22H20ClNO2. The standard InChI is InChI=1S/C22H20ClNO2/c1-16-7-5-6-10-20(16)22(25)24-14-18-13-19(23)11-12-21(18)26-15-17-8-3-2-4-9-17/h2-13H,14-15H2,1H3,(H,24,25). The van der Waals surface area contributed by atoms with Gasteiger partial charge in [0.2, 0.25) is 0 Å². The maximum atomic E-state index is 12.4. The Morgan fingerprint density at radius 3 is 2.50 bits per heavy atom. The lowest BCUT2D eigenvalue weighted by molar-refractivity contribution is 0.0950. The van der Waals surface area contributed by atoms with Gasteiger partial charge >= 0.3 is 0 Å². The summed E-state index contributed by atoms with van der Waals surface area (Å²) in [5, 5.41) is 3.55. The van der Waals surface area contributed by atoms with E-state index in [1.807, 2.05) is 73.7 Å². The van der Waals surface area contributed by atoms with E-state index in [0.717, 1.165) is 16.7 Å². The molecule has 0 saturated heterocycles. The smallest absolute Gasteiger partial charge is 0.251 e. The number of rotatable bonds is 6. The molecule has 0 aliphatic rings. The zero-order valence-corrected chi connectivity index (χ0v) is 15.3. The minimum Gasteiger partial charge on any atom is -0.489 e. The van der Waals surface area contributed by atoms with Gasteiger partial charge < -0.3 is 10.1 Å². The summed E-state index contributed by atoms with van der Waals surface area (Å²) in [7, 11) is 0. The Morgan fingerprint density at radius 2 is 1.73 bits per heavy atom. The number of hydrogen-bond acceptors (Lipinski definition) is 2. The first-order valence-electron chi connectivity index (χ1n) is 8.42. The fourth-order valence-electron chi connectivity index (χ4n) is 2.66. The van der Waals surface area contributed by atoms with Gasteiger partial charge in [-0.3, -0.25) is 4.79 Å². The van der Waals surface area contributed by atoms with E-state index in [9.17, 15) is 4.79 Å². The van der Waals surface area contributed by atoms with Gasteiger partial charge in [-0.15, -0.1) is 0 Å². The highest BCUT2D eigenvalue weighted by molar-refractivity contribution is 6.30. The van der Waals surface area contributed by atoms with Crippen molar-refractivity contribution in [3.05, 3.63) is 100 Å². The van der Waals surface area contributed by atoms with Crippen LogP contribution < -0.4 is 10.1 Å². The Balaban J connectivity index is 1.70. The summed E-state index contributed by atoms with van der Waals surface area (Å²) in [4.78, 5) is 12.4. The first kappa shape index (κ1) is 18.0. The minimum atomic E-state index is -0.114. The highest BCUT2D eigenvalue weighted by atomic mass is 35.5. The highest BCUT2D eigenvalue weighted by Crippen LogP contribution is 2.24. The molecule has 4 heteroatoms. The molecule has 26 heavy (non-hydrogen) atoms. The van der Waals surface area contributed by atoms with Crippen LogP contribution in [0.5, 0.6) is 5.75 Å². The van der Waals surface area contributed by atoms with E-state index in [1.54, 1.807) is 6.07 Å². The predicted molar refractivity (Wildman–Crippen MR) is 105 cm³/mol. The van der Waals surface area contributed by atoms with Crippen LogP contribution in [0.25, 0.3) is 0 Å². The van der Waals surface area contributed by atoms with Crippen molar-refractivity contribution >= 4 is 17.5 Å². The van der Waals surface area contributed by atoms with Crippen molar-refractivity contribution in [1.29, 1.82) is 0 Å². The van der Waals surface area contributed by atoms with E-state index < -0.39 is 0 Å². The van der Waals surface area contributed by atoms with Crippen molar-refractivity contribution in [2.24, 2.45) is 0 Å². The molecule has 1 amide bonds. The first-order valence-corrected chi connectivity index (χ1v) is 8.80. The third-order valence-electron chi connectivity index (χ3n) is 4.09. The van der Waals surface area contributed by atoms with Crippen molar-refractivity contribution in [3.8, 4) is 5.75 Å². The summed E-state index contributed by atoms with van der Waals surface area (Å²) in [5.74, 6) is 0.598. The number of aryl methyl sites for hydroxylation is 1. The number of ether oxygens (including phenoxy) is 1. The topological polar surface area (TPSA) is 38.3 Å². The second kappa shape index (κ2) is 8.54. The summed E-state index contributed by atoms with van der Waals surface area (Å²) < 4.78 is 5.93. The molecule has 3 nitrogen and oxygen atoms in total. The fraction of sp³-hybridized carbons (Fsp3) is 0.136. The molecule has 3 aromatic carbocycles. The molecule has 0 aliphatic carbocycles. The van der Waals surface area contributed by atoms with Crippen molar-refractivity contribution < 1.29 is 9.53 Å². The largest absolute Gasteiger partial charge is 0.489 e. The van der Waals surface area contributed by atoms with Crippen molar-refractivity contribution in [3.63, 3.8) is 0 Å². The SMILES string of the molecule is Cc1ccccc1C(=O)NCc1cc(Cl)ccc1OCc1ccccc1. The maximum Gasteiger partial charge on any atom is 0.251 e. The maximum absolute atomic E-state index is 12.4. The zero-order valence-electron chi connectivity index (χ0n) is 14.5. The zero-order chi connectivity index (χ0) is 18.4. The average Bonchev–Trinajstić information content (AvgIpc) is 2.66. The number of carbonyl (C=O) groups is 1. The molecule has 0 heterocycles. The average molecular weight is 366 g/mol. The van der Waals surface area contributed by atoms with E-state index in [4.69, 9.17) is 16.3 Å². The number of hydrogen-bond donors (Lipinski definition) is 1. The quantitative estimate of drug-likeness (QED) is 0.655. The summed E-state index contributed by atoms with van der Waals surface area (Å²) in [6.45, 7) is 2.72. The van der Waals surface area contributed by atoms with Gasteiger partial charge in [0, 0.05) is 22.7 Å². The van der Waals surface area contributed by atoms with Gasteiger partial charge in [0.1, 0.15) is 12.4 Å². The Hall–Kier alpha value is -2.78. The minimum absolute atomic E-state index is 0.114. The molecular weight excluding hydrogens is 346 g/mol. The van der Waals surface area contributed by atoms with Crippen molar-refractivity contribution in [2.75, 3.05) is 0 Å². The van der Waals surface area contributed by atoms with Gasteiger partial charge in [-0.05, 0) is 42.3 Å². The lowest BCUT2D eigenvalue weighted by Gasteiger charge is -2.13. The molecule has 0 atom stereocenters. The molecule has 0 aliphatic heterocycles. The summed E-state index contributed by atoms with van der Waals surface area (Å²) in [6.07, 6.45) is 0. The number of halogens is 1. The van der Waals surface area contributed by atoms with Gasteiger partial charge in [0.15, 0.2) is 0 Å². The number of carbonyl (C=O) groups excluding carboxylic acids is 1. The van der Waals surface area contributed by atoms with Crippen LogP contribution in [0.15, 0.2) is 72.8 Å². The fourth-order valence-corrected chi connectivity index (χ4v) is 2.86. The van der Waals surface area contributed by atoms with Gasteiger partial charge in [0.25, 0.3) is 5.91 Å². The lowest BCUT2D eigenvalue weighted by atomic mass is 10.1. The second-order valence-corrected chi connectivity index (χ2v) is 6.46. The Morgan fingerprint density at radius 1 is 1.00 bits per heavy atom. The third-order valence-corrected chi connectivity index (χ3v) is 4.32. The first-order chi connectivity index (χ1) is 12.6. The van der Waals surface area contributed by atoms with E-state index in [1.165, 1.54) is 0 Å². The molecule has 0 unspecified atom stereocenters. The van der Waals surface area contributed by atoms with E-state index in [-0.39, 0.29) is 5.91 Å². The monoisotopic (exact) mass is 365 g/mol. The Kier molecular flexibility index (Phi) is 5.92. The van der Waals surface area contributed by atoms with Crippen LogP contribution in [-0.4, -0.2) is 5.91 Å². The van der Waals surface area contributed by atoms with Gasteiger partial charge in [-0.1, -0.05) is 60.1 Å². The molecule has 0 spiro atoms. The molecule has 0 fully saturated rings. The molecule has 1 N–H and O–H groups in total. The van der Waals surface area contributed by atoms with E-state index >= 15 is 0 Å². The van der Waals surface area contributed by atoms with E-state index in [0.29, 0.717) is 29.5 Å². The number of benzene rings is 3. The summed E-state index contributed by atoms with van der Waals surface area (Å²) in [5.41, 5.74) is 3.53. The molecule has 3 rings (SSSR count). The number of amides is 1. The molecule has 0 radical (unpaired) electrons. The van der Waals surface area contributed by atoms with Crippen LogP contribution in [0.4, 0.5) is 0 Å². The van der Waals surface area contributed by atoms with Crippen LogP contribution in [0.1, 0.15) is 27.0 Å². The number of nitrogens with one attached hydrogen (secondary N) is 1. The van der Waals surface area contributed by atoms with Gasteiger partial charge in [-0.25, -0.2) is 0 Å². The van der Waals surface area contributed by atoms with Crippen molar-refractivity contribution in [2.45, 2.75) is 20.1 Å².